The monoisotopic (exact) mass is 246 g/mol. The summed E-state index contributed by atoms with van der Waals surface area (Å²) in [4.78, 5) is 22.6. The summed E-state index contributed by atoms with van der Waals surface area (Å²) in [5.74, 6) is -2.26. The lowest BCUT2D eigenvalue weighted by atomic mass is 10.1. The number of anilines is 1. The Balaban J connectivity index is 2.29. The summed E-state index contributed by atoms with van der Waals surface area (Å²) >= 11 is 0. The fourth-order valence-electron chi connectivity index (χ4n) is 1.40. The maximum atomic E-state index is 11.7. The second-order valence-corrected chi connectivity index (χ2v) is 3.44. The number of hydrogen-bond acceptors (Lipinski definition) is 4. The van der Waals surface area contributed by atoms with Gasteiger partial charge < -0.3 is 19.9 Å². The van der Waals surface area contributed by atoms with Crippen molar-refractivity contribution in [2.45, 2.75) is 0 Å². The Labute approximate surface area is 101 Å². The molecule has 0 aliphatic carbocycles. The Morgan fingerprint density at radius 1 is 1.28 bits per heavy atom. The van der Waals surface area contributed by atoms with Crippen LogP contribution in [0.1, 0.15) is 20.9 Å². The summed E-state index contributed by atoms with van der Waals surface area (Å²) in [5.41, 5.74) is -0.217. The van der Waals surface area contributed by atoms with Crippen LogP contribution in [-0.2, 0) is 0 Å². The van der Waals surface area contributed by atoms with Crippen molar-refractivity contribution in [1.82, 2.24) is 0 Å². The van der Waals surface area contributed by atoms with Crippen LogP contribution in [-0.4, -0.2) is 17.0 Å². The van der Waals surface area contributed by atoms with Crippen molar-refractivity contribution in [2.24, 2.45) is 0 Å². The van der Waals surface area contributed by atoms with E-state index >= 15 is 0 Å². The van der Waals surface area contributed by atoms with E-state index in [2.05, 4.69) is 5.32 Å². The predicted octanol–water partition coefficient (Wildman–Crippen LogP) is 1.30. The summed E-state index contributed by atoms with van der Waals surface area (Å²) < 4.78 is 4.87. The average Bonchev–Trinajstić information content (AvgIpc) is 2.84. The van der Waals surface area contributed by atoms with E-state index in [0.717, 1.165) is 6.07 Å². The van der Waals surface area contributed by atoms with Crippen molar-refractivity contribution in [1.29, 1.82) is 0 Å². The standard InChI is InChI=1S/C12H9NO5/c14-7-3-4-9(8(6-7)12(16)17)13-11(15)10-2-1-5-18-10/h1-6,14H,(H,13,15)(H,16,17)/p-1. The van der Waals surface area contributed by atoms with Gasteiger partial charge in [0.2, 0.25) is 0 Å². The molecular weight excluding hydrogens is 238 g/mol. The second kappa shape index (κ2) is 4.62. The molecule has 1 aromatic heterocycles. The van der Waals surface area contributed by atoms with Gasteiger partial charge in [-0.1, -0.05) is 12.1 Å². The first-order valence-corrected chi connectivity index (χ1v) is 4.97. The zero-order valence-electron chi connectivity index (χ0n) is 9.04. The third-order valence-corrected chi connectivity index (χ3v) is 2.21. The van der Waals surface area contributed by atoms with Gasteiger partial charge in [-0.2, -0.15) is 0 Å². The van der Waals surface area contributed by atoms with E-state index in [4.69, 9.17) is 9.52 Å². The number of aromatic carboxylic acids is 1. The normalized spacial score (nSPS) is 10.0. The summed E-state index contributed by atoms with van der Waals surface area (Å²) in [5, 5.41) is 22.4. The molecule has 2 N–H and O–H groups in total. The van der Waals surface area contributed by atoms with Crippen molar-refractivity contribution in [3.8, 4) is 5.75 Å². The molecule has 1 heterocycles. The maximum absolute atomic E-state index is 11.7. The molecule has 0 fully saturated rings. The lowest BCUT2D eigenvalue weighted by Crippen LogP contribution is -2.14. The van der Waals surface area contributed by atoms with Crippen LogP contribution < -0.4 is 10.4 Å². The molecule has 1 aromatic carbocycles. The van der Waals surface area contributed by atoms with Gasteiger partial charge >= 0.3 is 5.97 Å². The van der Waals surface area contributed by atoms with Gasteiger partial charge in [0.05, 0.1) is 17.5 Å². The quantitative estimate of drug-likeness (QED) is 0.849. The Morgan fingerprint density at radius 3 is 2.67 bits per heavy atom. The Kier molecular flexibility index (Phi) is 3.01. The molecule has 0 aliphatic rings. The Bertz CT molecular complexity index is 589. The van der Waals surface area contributed by atoms with Crippen LogP contribution in [0, 0.1) is 0 Å². The highest BCUT2D eigenvalue weighted by molar-refractivity contribution is 6.06. The van der Waals surface area contributed by atoms with Crippen molar-refractivity contribution in [3.63, 3.8) is 0 Å². The van der Waals surface area contributed by atoms with E-state index in [-0.39, 0.29) is 17.0 Å². The first kappa shape index (κ1) is 11.7. The molecule has 0 saturated carbocycles. The van der Waals surface area contributed by atoms with Crippen molar-refractivity contribution < 1.29 is 24.2 Å². The fraction of sp³-hybridized carbons (Fsp3) is 0. The highest BCUT2D eigenvalue weighted by Crippen LogP contribution is 2.20. The van der Waals surface area contributed by atoms with Crippen molar-refractivity contribution in [3.05, 3.63) is 47.9 Å². The molecule has 6 heteroatoms. The molecule has 6 nitrogen and oxygen atoms in total. The molecule has 0 unspecified atom stereocenters. The van der Waals surface area contributed by atoms with Gasteiger partial charge in [0.15, 0.2) is 5.76 Å². The van der Waals surface area contributed by atoms with Gasteiger partial charge in [0, 0.05) is 0 Å². The highest BCUT2D eigenvalue weighted by Gasteiger charge is 2.14. The van der Waals surface area contributed by atoms with Crippen molar-refractivity contribution >= 4 is 17.6 Å². The smallest absolute Gasteiger partial charge is 0.337 e. The summed E-state index contributed by atoms with van der Waals surface area (Å²) in [6, 6.07) is 6.34. The van der Waals surface area contributed by atoms with Crippen LogP contribution in [0.25, 0.3) is 0 Å². The molecular formula is C12H8NO5-. The van der Waals surface area contributed by atoms with E-state index in [9.17, 15) is 14.7 Å². The van der Waals surface area contributed by atoms with Crippen molar-refractivity contribution in [2.75, 3.05) is 5.32 Å². The van der Waals surface area contributed by atoms with Gasteiger partial charge in [0.25, 0.3) is 5.91 Å². The maximum Gasteiger partial charge on any atom is 0.337 e. The summed E-state index contributed by atoms with van der Waals surface area (Å²) in [6.07, 6.45) is 1.33. The molecule has 0 spiro atoms. The Hall–Kier alpha value is -2.76. The number of furan rings is 1. The van der Waals surface area contributed by atoms with E-state index in [1.54, 1.807) is 0 Å². The molecule has 92 valence electrons. The first-order chi connectivity index (χ1) is 8.58. The second-order valence-electron chi connectivity index (χ2n) is 3.44. The summed E-state index contributed by atoms with van der Waals surface area (Å²) in [7, 11) is 0. The van der Waals surface area contributed by atoms with Crippen LogP contribution in [0.15, 0.2) is 41.0 Å². The lowest BCUT2D eigenvalue weighted by molar-refractivity contribution is -0.268. The molecule has 0 saturated heterocycles. The van der Waals surface area contributed by atoms with Gasteiger partial charge in [-0.3, -0.25) is 4.79 Å². The topological polar surface area (TPSA) is 103 Å². The number of carbonyl (C=O) groups excluding carboxylic acids is 1. The first-order valence-electron chi connectivity index (χ1n) is 4.97. The van der Waals surface area contributed by atoms with Gasteiger partial charge in [-0.15, -0.1) is 5.75 Å². The van der Waals surface area contributed by atoms with E-state index in [1.807, 2.05) is 0 Å². The number of carbonyl (C=O) groups is 2. The number of nitrogens with one attached hydrogen (secondary N) is 1. The predicted molar refractivity (Wildman–Crippen MR) is 59.5 cm³/mol. The number of hydrogen-bond donors (Lipinski definition) is 2. The van der Waals surface area contributed by atoms with E-state index in [1.165, 1.54) is 30.5 Å². The van der Waals surface area contributed by atoms with E-state index in [0.29, 0.717) is 0 Å². The molecule has 0 bridgehead atoms. The number of carboxylic acid groups (broad SMARTS) is 1. The van der Waals surface area contributed by atoms with Gasteiger partial charge in [-0.25, -0.2) is 4.79 Å². The number of rotatable bonds is 3. The zero-order chi connectivity index (χ0) is 13.1. The van der Waals surface area contributed by atoms with Crippen LogP contribution >= 0.6 is 0 Å². The minimum atomic E-state index is -1.29. The molecule has 0 atom stereocenters. The number of amides is 1. The molecule has 0 aliphatic heterocycles. The average molecular weight is 246 g/mol. The minimum absolute atomic E-state index is 0.0449. The zero-order valence-corrected chi connectivity index (χ0v) is 9.04. The summed E-state index contributed by atoms with van der Waals surface area (Å²) in [6.45, 7) is 0. The SMILES string of the molecule is O=C(Nc1ccc([O-])cc1C(=O)O)c1ccco1. The van der Waals surface area contributed by atoms with Crippen LogP contribution in [0.3, 0.4) is 0 Å². The third-order valence-electron chi connectivity index (χ3n) is 2.21. The fourth-order valence-corrected chi connectivity index (χ4v) is 1.40. The molecule has 1 amide bonds. The largest absolute Gasteiger partial charge is 0.872 e. The molecule has 2 aromatic rings. The third kappa shape index (κ3) is 2.32. The van der Waals surface area contributed by atoms with Gasteiger partial charge in [0.1, 0.15) is 0 Å². The van der Waals surface area contributed by atoms with Crippen LogP contribution in [0.2, 0.25) is 0 Å². The minimum Gasteiger partial charge on any atom is -0.872 e. The highest BCUT2D eigenvalue weighted by atomic mass is 16.4. The van der Waals surface area contributed by atoms with Crippen LogP contribution in [0.5, 0.6) is 5.75 Å². The molecule has 0 radical (unpaired) electrons. The molecule has 18 heavy (non-hydrogen) atoms. The number of benzene rings is 1. The molecule has 2 rings (SSSR count). The number of carboxylic acids is 1. The lowest BCUT2D eigenvalue weighted by Gasteiger charge is -2.11. The van der Waals surface area contributed by atoms with Crippen LogP contribution in [0.4, 0.5) is 5.69 Å². The van der Waals surface area contributed by atoms with Gasteiger partial charge in [-0.05, 0) is 18.2 Å². The Morgan fingerprint density at radius 2 is 2.06 bits per heavy atom. The van der Waals surface area contributed by atoms with E-state index < -0.39 is 17.6 Å².